The van der Waals surface area contributed by atoms with Crippen LogP contribution in [0.4, 0.5) is 4.39 Å². The number of aliphatic hydroxyl groups excluding tert-OH is 3. The SMILES string of the molecule is CC(=O)[C@H]1[C@@H](OP(=O)(O)O)O[C@](F)(CO)[C@@H](O)[C@@H]1O. The molecular formula is C8H14FO9P. The quantitative estimate of drug-likeness (QED) is 0.372. The fourth-order valence-electron chi connectivity index (χ4n) is 1.73. The Hall–Kier alpha value is -0.450. The lowest BCUT2D eigenvalue weighted by molar-refractivity contribution is -0.346. The molecule has 0 amide bonds. The molecule has 0 aromatic carbocycles. The first-order valence-corrected chi connectivity index (χ1v) is 6.63. The molecule has 112 valence electrons. The monoisotopic (exact) mass is 304 g/mol. The number of carbonyl (C=O) groups excluding carboxylic acids is 1. The number of aliphatic hydroxyl groups is 3. The molecule has 0 spiro atoms. The highest BCUT2D eigenvalue weighted by Crippen LogP contribution is 2.44. The van der Waals surface area contributed by atoms with Gasteiger partial charge in [0.15, 0.2) is 6.29 Å². The maximum atomic E-state index is 13.9. The Bertz CT molecular complexity index is 398. The Kier molecular flexibility index (Phi) is 4.81. The summed E-state index contributed by atoms with van der Waals surface area (Å²) in [5.41, 5.74) is 0. The van der Waals surface area contributed by atoms with E-state index in [-0.39, 0.29) is 0 Å². The number of carbonyl (C=O) groups is 1. The minimum Gasteiger partial charge on any atom is -0.390 e. The first-order chi connectivity index (χ1) is 8.52. The molecule has 11 heteroatoms. The molecule has 1 rings (SSSR count). The third-order valence-corrected chi connectivity index (χ3v) is 3.15. The minimum absolute atomic E-state index is 0.843. The van der Waals surface area contributed by atoms with Crippen molar-refractivity contribution in [3.63, 3.8) is 0 Å². The molecule has 1 saturated heterocycles. The van der Waals surface area contributed by atoms with Crippen molar-refractivity contribution in [1.82, 2.24) is 0 Å². The van der Waals surface area contributed by atoms with Crippen LogP contribution in [0.2, 0.25) is 0 Å². The fourth-order valence-corrected chi connectivity index (χ4v) is 2.18. The molecule has 5 N–H and O–H groups in total. The topological polar surface area (TPSA) is 154 Å². The van der Waals surface area contributed by atoms with Gasteiger partial charge in [-0.3, -0.25) is 9.32 Å². The molecule has 1 aliphatic rings. The molecule has 1 aliphatic heterocycles. The maximum Gasteiger partial charge on any atom is 0.471 e. The van der Waals surface area contributed by atoms with Crippen molar-refractivity contribution in [1.29, 1.82) is 0 Å². The highest BCUT2D eigenvalue weighted by Gasteiger charge is 2.57. The number of phosphoric acid groups is 1. The molecular weight excluding hydrogens is 290 g/mol. The predicted octanol–water partition coefficient (Wildman–Crippen LogP) is -1.96. The molecule has 1 heterocycles. The number of phosphoric ester groups is 1. The Labute approximate surface area is 106 Å². The van der Waals surface area contributed by atoms with Gasteiger partial charge in [-0.15, -0.1) is 0 Å². The van der Waals surface area contributed by atoms with E-state index in [1.165, 1.54) is 0 Å². The number of ketones is 1. The zero-order chi connectivity index (χ0) is 15.0. The van der Waals surface area contributed by atoms with Gasteiger partial charge in [0, 0.05) is 0 Å². The highest BCUT2D eigenvalue weighted by atomic mass is 31.2. The third-order valence-electron chi connectivity index (χ3n) is 2.66. The summed E-state index contributed by atoms with van der Waals surface area (Å²) in [5, 5.41) is 27.8. The van der Waals surface area contributed by atoms with E-state index in [2.05, 4.69) is 9.26 Å². The Morgan fingerprint density at radius 2 is 2.00 bits per heavy atom. The molecule has 0 saturated carbocycles. The van der Waals surface area contributed by atoms with Crippen LogP contribution in [0.1, 0.15) is 6.92 Å². The molecule has 1 fully saturated rings. The largest absolute Gasteiger partial charge is 0.471 e. The summed E-state index contributed by atoms with van der Waals surface area (Å²) in [6.07, 6.45) is -6.48. The summed E-state index contributed by atoms with van der Waals surface area (Å²) in [6.45, 7) is -0.471. The second-order valence-electron chi connectivity index (χ2n) is 4.10. The van der Waals surface area contributed by atoms with E-state index in [1.807, 2.05) is 0 Å². The van der Waals surface area contributed by atoms with Crippen molar-refractivity contribution in [2.75, 3.05) is 6.61 Å². The van der Waals surface area contributed by atoms with Gasteiger partial charge >= 0.3 is 7.82 Å². The number of halogens is 1. The number of hydrogen-bond donors (Lipinski definition) is 5. The van der Waals surface area contributed by atoms with Crippen LogP contribution in [-0.2, 0) is 18.6 Å². The van der Waals surface area contributed by atoms with Gasteiger partial charge in [0.25, 0.3) is 5.85 Å². The van der Waals surface area contributed by atoms with E-state index in [9.17, 15) is 24.0 Å². The van der Waals surface area contributed by atoms with Gasteiger partial charge in [0.2, 0.25) is 0 Å². The Balaban J connectivity index is 3.09. The van der Waals surface area contributed by atoms with Crippen LogP contribution < -0.4 is 0 Å². The lowest BCUT2D eigenvalue weighted by Crippen LogP contribution is -2.63. The number of Topliss-reactive ketones (excluding diaryl/α,β-unsaturated/α-hetero) is 1. The molecule has 0 bridgehead atoms. The Morgan fingerprint density at radius 1 is 1.47 bits per heavy atom. The maximum absolute atomic E-state index is 13.9. The molecule has 19 heavy (non-hydrogen) atoms. The van der Waals surface area contributed by atoms with Crippen molar-refractivity contribution in [3.05, 3.63) is 0 Å². The molecule has 0 radical (unpaired) electrons. The summed E-state index contributed by atoms with van der Waals surface area (Å²) in [7, 11) is -5.14. The number of ether oxygens (including phenoxy) is 1. The van der Waals surface area contributed by atoms with Crippen LogP contribution in [0.25, 0.3) is 0 Å². The lowest BCUT2D eigenvalue weighted by atomic mass is 9.87. The molecule has 0 aromatic heterocycles. The standard InChI is InChI=1S/C8H14FO9P/c1-3(11)4-5(12)6(13)8(9,2-10)17-7(4)18-19(14,15)16/h4-7,10,12-13H,2H2,1H3,(H2,14,15,16)/t4-,5-,6+,7-,8-/m1/s1. The molecule has 9 nitrogen and oxygen atoms in total. The number of alkyl halides is 1. The molecule has 0 aromatic rings. The van der Waals surface area contributed by atoms with Crippen LogP contribution in [0.5, 0.6) is 0 Å². The van der Waals surface area contributed by atoms with Gasteiger partial charge < -0.3 is 29.8 Å². The second kappa shape index (κ2) is 5.51. The summed E-state index contributed by atoms with van der Waals surface area (Å²) < 4.78 is 33.1. The summed E-state index contributed by atoms with van der Waals surface area (Å²) in [6, 6.07) is 0. The second-order valence-corrected chi connectivity index (χ2v) is 5.29. The highest BCUT2D eigenvalue weighted by molar-refractivity contribution is 7.46. The average Bonchev–Trinajstić information content (AvgIpc) is 2.23. The van der Waals surface area contributed by atoms with Crippen LogP contribution in [0, 0.1) is 5.92 Å². The van der Waals surface area contributed by atoms with Crippen molar-refractivity contribution in [3.8, 4) is 0 Å². The van der Waals surface area contributed by atoms with Crippen molar-refractivity contribution in [2.45, 2.75) is 31.3 Å². The zero-order valence-corrected chi connectivity index (χ0v) is 10.6. The van der Waals surface area contributed by atoms with E-state index in [0.29, 0.717) is 0 Å². The van der Waals surface area contributed by atoms with E-state index >= 15 is 0 Å². The summed E-state index contributed by atoms with van der Waals surface area (Å²) >= 11 is 0. The van der Waals surface area contributed by atoms with Crippen molar-refractivity contribution >= 4 is 13.6 Å². The zero-order valence-electron chi connectivity index (χ0n) is 9.71. The van der Waals surface area contributed by atoms with Crippen LogP contribution in [0.15, 0.2) is 0 Å². The van der Waals surface area contributed by atoms with Gasteiger partial charge in [-0.2, -0.15) is 0 Å². The fraction of sp³-hybridized carbons (Fsp3) is 0.875. The van der Waals surface area contributed by atoms with Gasteiger partial charge in [-0.1, -0.05) is 0 Å². The van der Waals surface area contributed by atoms with Gasteiger partial charge in [-0.25, -0.2) is 8.96 Å². The van der Waals surface area contributed by atoms with Crippen LogP contribution in [0.3, 0.4) is 0 Å². The molecule has 0 aliphatic carbocycles. The minimum atomic E-state index is -5.14. The van der Waals surface area contributed by atoms with E-state index in [1.54, 1.807) is 0 Å². The normalized spacial score (nSPS) is 40.2. The number of rotatable bonds is 4. The van der Waals surface area contributed by atoms with Crippen LogP contribution in [-0.4, -0.2) is 61.8 Å². The molecule has 5 atom stereocenters. The van der Waals surface area contributed by atoms with Crippen LogP contribution >= 0.6 is 7.82 Å². The van der Waals surface area contributed by atoms with Crippen molar-refractivity contribution < 1.29 is 48.1 Å². The first kappa shape index (κ1) is 16.6. The Morgan fingerprint density at radius 3 is 2.37 bits per heavy atom. The summed E-state index contributed by atoms with van der Waals surface area (Å²) in [4.78, 5) is 28.5. The van der Waals surface area contributed by atoms with E-state index < -0.39 is 50.5 Å². The number of hydrogen-bond acceptors (Lipinski definition) is 7. The van der Waals surface area contributed by atoms with E-state index in [4.69, 9.17) is 14.9 Å². The lowest BCUT2D eigenvalue weighted by Gasteiger charge is -2.43. The van der Waals surface area contributed by atoms with Crippen molar-refractivity contribution in [2.24, 2.45) is 5.92 Å². The van der Waals surface area contributed by atoms with E-state index in [0.717, 1.165) is 6.92 Å². The smallest absolute Gasteiger partial charge is 0.390 e. The summed E-state index contributed by atoms with van der Waals surface area (Å²) in [5.74, 6) is -5.76. The van der Waals surface area contributed by atoms with Gasteiger partial charge in [0.1, 0.15) is 24.6 Å². The average molecular weight is 304 g/mol. The van der Waals surface area contributed by atoms with Gasteiger partial charge in [0.05, 0.1) is 5.92 Å². The van der Waals surface area contributed by atoms with Gasteiger partial charge in [-0.05, 0) is 6.92 Å². The predicted molar refractivity (Wildman–Crippen MR) is 55.1 cm³/mol. The first-order valence-electron chi connectivity index (χ1n) is 5.10. The molecule has 0 unspecified atom stereocenters. The third kappa shape index (κ3) is 3.56.